The van der Waals surface area contributed by atoms with E-state index in [4.69, 9.17) is 23.4 Å². The molecular formula is C83H91N3O5S9. The molecule has 17 heteroatoms. The minimum Gasteiger partial charge on any atom is -0.486 e. The lowest BCUT2D eigenvalue weighted by molar-refractivity contribution is 0.169. The van der Waals surface area contributed by atoms with Crippen LogP contribution in [0.2, 0.25) is 0 Å². The lowest BCUT2D eigenvalue weighted by atomic mass is 10.1. The Kier molecular flexibility index (Phi) is 26.6. The van der Waals surface area contributed by atoms with Gasteiger partial charge in [-0.25, -0.2) is 4.98 Å². The summed E-state index contributed by atoms with van der Waals surface area (Å²) in [7, 11) is 0. The standard InChI is InChI=1S/C10H12O2.C10H12S2.2C10H10S.C9H9NO.C9H10O2.C8H8N2S.2C8H8S2.CH4/c1-7-3-4-8(2)10-9(7)11-5-6-12-10;1-5-7(3)11-10-6(2)8(4)12-9(5)10;1-7-3-4-10-9(5-7)6-8(2)11-10;1-7-3-4-9-6-8(2)11-10(9)5-7;2*1-6-3-4-7(2)9-8(6)10-5-11-9;1-5-3-4-6(2)8-7(5)9-11-10-8;1-5-3-9-8-6(2)4-10-7(5)8;1-5-3-7-8(9-5)4-6(2)10-7;/h3-4H,5-6H2,1-2H3;1-4H3;2*3-6H,1-2H3;3-5H,1-2H3;3-4H,5H2,1-2H3;3-4H,1-2H3;2*3-4H,1-2H3;1H4. The number of aryl methyl sites for hydroxylation is 20. The van der Waals surface area contributed by atoms with Crippen molar-refractivity contribution in [3.63, 3.8) is 0 Å². The Morgan fingerprint density at radius 2 is 0.730 bits per heavy atom. The van der Waals surface area contributed by atoms with Gasteiger partial charge < -0.3 is 23.4 Å². The zero-order valence-electron chi connectivity index (χ0n) is 60.3. The van der Waals surface area contributed by atoms with Gasteiger partial charge in [0.15, 0.2) is 35.0 Å². The van der Waals surface area contributed by atoms with Crippen LogP contribution in [0.3, 0.4) is 0 Å². The fourth-order valence-corrected chi connectivity index (χ4v) is 20.8. The van der Waals surface area contributed by atoms with Crippen molar-refractivity contribution in [3.05, 3.63) is 233 Å². The highest BCUT2D eigenvalue weighted by molar-refractivity contribution is 7.29. The second-order valence-corrected chi connectivity index (χ2v) is 35.1. The van der Waals surface area contributed by atoms with Gasteiger partial charge in [0.2, 0.25) is 6.79 Å². The third kappa shape index (κ3) is 18.7. The maximum Gasteiger partial charge on any atom is 0.231 e. The Hall–Kier alpha value is -7.29. The van der Waals surface area contributed by atoms with Gasteiger partial charge >= 0.3 is 0 Å². The summed E-state index contributed by atoms with van der Waals surface area (Å²) in [5, 5.41) is 7.22. The number of hydrogen-bond donors (Lipinski definition) is 0. The minimum absolute atomic E-state index is 0. The molecule has 10 aromatic heterocycles. The molecule has 522 valence electrons. The quantitative estimate of drug-likeness (QED) is 0.148. The Balaban J connectivity index is 0.000000131. The summed E-state index contributed by atoms with van der Waals surface area (Å²) in [5.41, 5.74) is 21.8. The topological polar surface area (TPSA) is 88.7 Å². The molecule has 0 radical (unpaired) electrons. The fourth-order valence-electron chi connectivity index (χ4n) is 11.1. The predicted molar refractivity (Wildman–Crippen MR) is 446 cm³/mol. The van der Waals surface area contributed by atoms with Crippen molar-refractivity contribution in [1.29, 1.82) is 0 Å². The van der Waals surface area contributed by atoms with Crippen LogP contribution in [0.5, 0.6) is 23.0 Å². The zero-order chi connectivity index (χ0) is 70.9. The zero-order valence-corrected chi connectivity index (χ0v) is 67.7. The number of ether oxygens (including phenoxy) is 4. The number of thiophene rings is 8. The molecule has 12 heterocycles. The van der Waals surface area contributed by atoms with Crippen molar-refractivity contribution < 1.29 is 23.4 Å². The Morgan fingerprint density at radius 1 is 0.330 bits per heavy atom. The van der Waals surface area contributed by atoms with E-state index in [1.165, 1.54) is 146 Å². The van der Waals surface area contributed by atoms with E-state index in [-0.39, 0.29) is 7.43 Å². The number of oxazole rings is 1. The van der Waals surface area contributed by atoms with E-state index in [0.717, 1.165) is 72.9 Å². The SMILES string of the molecule is C.Cc1cc2sc(C)cc2s1.Cc1ccc(C)c2c1OCCO2.Cc1ccc(C)c2c1OCO2.Cc1ccc(C)c2nsnc12.Cc1ccc(C)c2ocnc12.Cc1ccc2cc(C)sc2c1.Cc1ccc2sc(C)cc2c1.Cc1csc2c(C)csc12.Cc1sc2c(C)c(C)sc2c1C. The molecule has 0 amide bonds. The lowest BCUT2D eigenvalue weighted by Crippen LogP contribution is -2.16. The van der Waals surface area contributed by atoms with Crippen LogP contribution in [-0.4, -0.2) is 33.7 Å². The molecule has 16 aromatic rings. The highest BCUT2D eigenvalue weighted by atomic mass is 32.1. The van der Waals surface area contributed by atoms with E-state index in [1.807, 2.05) is 150 Å². The molecule has 0 fully saturated rings. The Morgan fingerprint density at radius 3 is 1.22 bits per heavy atom. The normalized spacial score (nSPS) is 11.5. The van der Waals surface area contributed by atoms with Gasteiger partial charge in [0.05, 0.1) is 11.7 Å². The fraction of sp³-hybridized carbons (Fsp3) is 0.289. The van der Waals surface area contributed by atoms with Crippen molar-refractivity contribution in [2.24, 2.45) is 0 Å². The number of benzene rings is 6. The number of fused-ring (bicyclic) bond motifs is 9. The molecule has 2 aliphatic rings. The second-order valence-electron chi connectivity index (χ2n) is 25.2. The average molecular weight is 1500 g/mol. The summed E-state index contributed by atoms with van der Waals surface area (Å²) >= 11 is 16.4. The molecule has 0 spiro atoms. The molecule has 0 atom stereocenters. The molecule has 0 N–H and O–H groups in total. The summed E-state index contributed by atoms with van der Waals surface area (Å²) in [6.07, 6.45) is 1.49. The lowest BCUT2D eigenvalue weighted by Gasteiger charge is -2.21. The molecule has 100 heavy (non-hydrogen) atoms. The van der Waals surface area contributed by atoms with Crippen LogP contribution in [0.4, 0.5) is 0 Å². The first kappa shape index (κ1) is 76.9. The minimum atomic E-state index is 0. The molecule has 0 saturated heterocycles. The Labute approximate surface area is 626 Å². The van der Waals surface area contributed by atoms with Gasteiger partial charge in [-0.05, 0) is 269 Å². The van der Waals surface area contributed by atoms with Gasteiger partial charge in [0.1, 0.15) is 29.8 Å². The largest absolute Gasteiger partial charge is 0.486 e. The van der Waals surface area contributed by atoms with Gasteiger partial charge in [0, 0.05) is 66.9 Å². The van der Waals surface area contributed by atoms with Gasteiger partial charge in [-0.1, -0.05) is 85.8 Å². The van der Waals surface area contributed by atoms with Gasteiger partial charge in [-0.3, -0.25) is 0 Å². The van der Waals surface area contributed by atoms with Crippen LogP contribution in [0, 0.1) is 138 Å². The molecule has 0 aliphatic carbocycles. The van der Waals surface area contributed by atoms with E-state index in [9.17, 15) is 0 Å². The van der Waals surface area contributed by atoms with Crippen molar-refractivity contribution in [1.82, 2.24) is 13.7 Å². The molecular weight excluding hydrogens is 1410 g/mol. The van der Waals surface area contributed by atoms with Crippen molar-refractivity contribution >= 4 is 173 Å². The van der Waals surface area contributed by atoms with Crippen LogP contribution in [-0.2, 0) is 0 Å². The smallest absolute Gasteiger partial charge is 0.231 e. The van der Waals surface area contributed by atoms with Gasteiger partial charge in [-0.2, -0.15) is 8.75 Å². The monoisotopic (exact) mass is 1500 g/mol. The van der Waals surface area contributed by atoms with Crippen molar-refractivity contribution in [2.45, 2.75) is 146 Å². The molecule has 0 saturated carbocycles. The highest BCUT2D eigenvalue weighted by Gasteiger charge is 2.18. The van der Waals surface area contributed by atoms with E-state index in [1.54, 1.807) is 0 Å². The summed E-state index contributed by atoms with van der Waals surface area (Å²) in [6, 6.07) is 38.7. The van der Waals surface area contributed by atoms with Crippen molar-refractivity contribution in [2.75, 3.05) is 20.0 Å². The molecule has 8 nitrogen and oxygen atoms in total. The first-order valence-corrected chi connectivity index (χ1v) is 40.2. The van der Waals surface area contributed by atoms with Crippen LogP contribution in [0.15, 0.2) is 131 Å². The van der Waals surface area contributed by atoms with Crippen molar-refractivity contribution in [3.8, 4) is 23.0 Å². The van der Waals surface area contributed by atoms with Gasteiger partial charge in [0.25, 0.3) is 0 Å². The van der Waals surface area contributed by atoms with Crippen LogP contribution in [0.25, 0.3) is 70.5 Å². The molecule has 2 aliphatic heterocycles. The molecule has 18 rings (SSSR count). The van der Waals surface area contributed by atoms with Gasteiger partial charge in [-0.15, -0.1) is 90.7 Å². The summed E-state index contributed by atoms with van der Waals surface area (Å²) < 4.78 is 46.9. The van der Waals surface area contributed by atoms with E-state index in [0.29, 0.717) is 20.0 Å². The molecule has 6 aromatic carbocycles. The maximum absolute atomic E-state index is 5.51. The molecule has 0 bridgehead atoms. The Bertz CT molecular complexity index is 4990. The number of hydrogen-bond acceptors (Lipinski definition) is 17. The molecule has 0 unspecified atom stereocenters. The highest BCUT2D eigenvalue weighted by Crippen LogP contribution is 2.41. The first-order valence-electron chi connectivity index (χ1n) is 32.8. The summed E-state index contributed by atoms with van der Waals surface area (Å²) in [5.74, 6) is 3.65. The summed E-state index contributed by atoms with van der Waals surface area (Å²) in [4.78, 5) is 12.7. The third-order valence-corrected chi connectivity index (χ3v) is 26.9. The third-order valence-electron chi connectivity index (χ3n) is 16.8. The van der Waals surface area contributed by atoms with Crippen LogP contribution < -0.4 is 18.9 Å². The van der Waals surface area contributed by atoms with E-state index >= 15 is 0 Å². The van der Waals surface area contributed by atoms with Crippen LogP contribution in [0.1, 0.15) is 115 Å². The number of aromatic nitrogens is 3. The summed E-state index contributed by atoms with van der Waals surface area (Å²) in [6.45, 7) is 44.1. The second kappa shape index (κ2) is 34.6. The predicted octanol–water partition coefficient (Wildman–Crippen LogP) is 27.9. The van der Waals surface area contributed by atoms with E-state index < -0.39 is 0 Å². The first-order chi connectivity index (χ1) is 47.3. The maximum atomic E-state index is 5.51. The van der Waals surface area contributed by atoms with Crippen LogP contribution >= 0.6 is 102 Å². The van der Waals surface area contributed by atoms with E-state index in [2.05, 4.69) is 212 Å². The average Bonchev–Trinajstić information content (AvgIpc) is 1.60. The number of rotatable bonds is 0. The number of nitrogens with zero attached hydrogens (tertiary/aromatic N) is 3.